The predicted octanol–water partition coefficient (Wildman–Crippen LogP) is 5.22. The molecule has 2 atom stereocenters. The fourth-order valence-corrected chi connectivity index (χ4v) is 4.54. The number of nitrogens with zero attached hydrogens (tertiary/aromatic N) is 1. The molecule has 0 aliphatic carbocycles. The summed E-state index contributed by atoms with van der Waals surface area (Å²) in [5.41, 5.74) is 1.83. The van der Waals surface area contributed by atoms with Gasteiger partial charge < -0.3 is 19.7 Å². The SMILES string of the molecule is COc1ccc([C@@H](C)[C@@H](CN2CCCC2)NC(=O)CCCC(=O)c2ccc(OC(C)C)cc2)cc1. The Bertz CT molecular complexity index is 934. The number of ether oxygens (including phenoxy) is 2. The maximum Gasteiger partial charge on any atom is 0.220 e. The zero-order valence-corrected chi connectivity index (χ0v) is 21.6. The number of rotatable bonds is 13. The molecule has 2 aromatic rings. The number of nitrogens with one attached hydrogen (secondary N) is 1. The minimum atomic E-state index is 0.00281. The van der Waals surface area contributed by atoms with Crippen molar-refractivity contribution >= 4 is 11.7 Å². The van der Waals surface area contributed by atoms with E-state index >= 15 is 0 Å². The van der Waals surface area contributed by atoms with Crippen molar-refractivity contribution in [1.29, 1.82) is 0 Å². The van der Waals surface area contributed by atoms with Crippen LogP contribution in [0.15, 0.2) is 48.5 Å². The number of carbonyl (C=O) groups excluding carboxylic acids is 2. The van der Waals surface area contributed by atoms with Gasteiger partial charge in [-0.1, -0.05) is 19.1 Å². The molecule has 1 amide bonds. The van der Waals surface area contributed by atoms with Crippen molar-refractivity contribution in [2.75, 3.05) is 26.7 Å². The third-order valence-electron chi connectivity index (χ3n) is 6.60. The van der Waals surface area contributed by atoms with E-state index in [4.69, 9.17) is 9.47 Å². The Labute approximate surface area is 210 Å². The van der Waals surface area contributed by atoms with E-state index in [-0.39, 0.29) is 29.8 Å². The molecule has 0 spiro atoms. The van der Waals surface area contributed by atoms with E-state index in [2.05, 4.69) is 29.3 Å². The van der Waals surface area contributed by atoms with E-state index in [9.17, 15) is 9.59 Å². The van der Waals surface area contributed by atoms with E-state index in [0.717, 1.165) is 31.1 Å². The van der Waals surface area contributed by atoms with Crippen molar-refractivity contribution in [3.05, 3.63) is 59.7 Å². The van der Waals surface area contributed by atoms with Crippen LogP contribution in [0.3, 0.4) is 0 Å². The monoisotopic (exact) mass is 480 g/mol. The molecule has 1 saturated heterocycles. The Morgan fingerprint density at radius 1 is 0.914 bits per heavy atom. The number of ketones is 1. The summed E-state index contributed by atoms with van der Waals surface area (Å²) in [4.78, 5) is 27.9. The standard InChI is InChI=1S/C29H40N2O4/c1-21(2)35-26-16-12-24(13-17-26)28(32)8-7-9-29(33)30-27(20-31-18-5-6-19-31)22(3)23-10-14-25(34-4)15-11-23/h10-17,21-22,27H,5-9,18-20H2,1-4H3,(H,30,33)/t22-,27-/m1/s1. The van der Waals surface area contributed by atoms with Crippen LogP contribution in [-0.2, 0) is 4.79 Å². The molecule has 6 heteroatoms. The van der Waals surface area contributed by atoms with Gasteiger partial charge in [-0.2, -0.15) is 0 Å². The molecule has 0 radical (unpaired) electrons. The second-order valence-corrected chi connectivity index (χ2v) is 9.71. The molecular weight excluding hydrogens is 440 g/mol. The minimum absolute atomic E-state index is 0.00281. The lowest BCUT2D eigenvalue weighted by Crippen LogP contribution is -2.46. The fraction of sp³-hybridized carbons (Fsp3) is 0.517. The summed E-state index contributed by atoms with van der Waals surface area (Å²) in [6.07, 6.45) is 3.74. The predicted molar refractivity (Wildman–Crippen MR) is 139 cm³/mol. The molecule has 6 nitrogen and oxygen atoms in total. The average molecular weight is 481 g/mol. The molecule has 0 unspecified atom stereocenters. The van der Waals surface area contributed by atoms with Crippen LogP contribution in [0.25, 0.3) is 0 Å². The van der Waals surface area contributed by atoms with Gasteiger partial charge in [-0.25, -0.2) is 0 Å². The molecular formula is C29H40N2O4. The molecule has 35 heavy (non-hydrogen) atoms. The molecule has 2 aromatic carbocycles. The molecule has 0 saturated carbocycles. The van der Waals surface area contributed by atoms with Gasteiger partial charge in [0.2, 0.25) is 5.91 Å². The van der Waals surface area contributed by atoms with Gasteiger partial charge in [-0.05, 0) is 88.2 Å². The van der Waals surface area contributed by atoms with Gasteiger partial charge >= 0.3 is 0 Å². The Hall–Kier alpha value is -2.86. The maximum absolute atomic E-state index is 12.9. The second kappa shape index (κ2) is 13.3. The minimum Gasteiger partial charge on any atom is -0.497 e. The van der Waals surface area contributed by atoms with E-state index in [1.807, 2.05) is 38.1 Å². The van der Waals surface area contributed by atoms with E-state index in [0.29, 0.717) is 24.8 Å². The Morgan fingerprint density at radius 2 is 1.54 bits per heavy atom. The van der Waals surface area contributed by atoms with Gasteiger partial charge in [0.1, 0.15) is 11.5 Å². The lowest BCUT2D eigenvalue weighted by molar-refractivity contribution is -0.122. The van der Waals surface area contributed by atoms with Gasteiger partial charge in [0.15, 0.2) is 5.78 Å². The quantitative estimate of drug-likeness (QED) is 0.398. The highest BCUT2D eigenvalue weighted by molar-refractivity contribution is 5.96. The van der Waals surface area contributed by atoms with Crippen molar-refractivity contribution in [3.8, 4) is 11.5 Å². The smallest absolute Gasteiger partial charge is 0.220 e. The lowest BCUT2D eigenvalue weighted by Gasteiger charge is -2.30. The first kappa shape index (κ1) is 26.7. The highest BCUT2D eigenvalue weighted by Crippen LogP contribution is 2.24. The van der Waals surface area contributed by atoms with Crippen molar-refractivity contribution in [3.63, 3.8) is 0 Å². The largest absolute Gasteiger partial charge is 0.497 e. The number of hydrogen-bond donors (Lipinski definition) is 1. The molecule has 1 heterocycles. The van der Waals surface area contributed by atoms with Crippen LogP contribution in [0, 0.1) is 0 Å². The Kier molecular flexibility index (Phi) is 10.2. The van der Waals surface area contributed by atoms with Crippen LogP contribution in [0.1, 0.15) is 74.7 Å². The number of hydrogen-bond acceptors (Lipinski definition) is 5. The lowest BCUT2D eigenvalue weighted by atomic mass is 9.92. The Balaban J connectivity index is 1.53. The zero-order chi connectivity index (χ0) is 25.2. The van der Waals surface area contributed by atoms with E-state index < -0.39 is 0 Å². The molecule has 1 N–H and O–H groups in total. The number of amides is 1. The number of Topliss-reactive ketones (excluding diaryl/α,β-unsaturated/α-hetero) is 1. The summed E-state index contributed by atoms with van der Waals surface area (Å²) >= 11 is 0. The first-order chi connectivity index (χ1) is 16.9. The van der Waals surface area contributed by atoms with Gasteiger partial charge in [-0.15, -0.1) is 0 Å². The summed E-state index contributed by atoms with van der Waals surface area (Å²) in [6.45, 7) is 9.10. The second-order valence-electron chi connectivity index (χ2n) is 9.71. The van der Waals surface area contributed by atoms with Gasteiger partial charge in [0, 0.05) is 36.9 Å². The van der Waals surface area contributed by atoms with Gasteiger partial charge in [-0.3, -0.25) is 9.59 Å². The van der Waals surface area contributed by atoms with Crippen molar-refractivity contribution in [1.82, 2.24) is 10.2 Å². The van der Waals surface area contributed by atoms with Crippen LogP contribution in [0.2, 0.25) is 0 Å². The van der Waals surface area contributed by atoms with Crippen LogP contribution < -0.4 is 14.8 Å². The summed E-state index contributed by atoms with van der Waals surface area (Å²) < 4.78 is 10.9. The van der Waals surface area contributed by atoms with Crippen molar-refractivity contribution in [2.24, 2.45) is 0 Å². The molecule has 1 fully saturated rings. The number of benzene rings is 2. The van der Waals surface area contributed by atoms with Crippen molar-refractivity contribution < 1.29 is 19.1 Å². The molecule has 0 aromatic heterocycles. The molecule has 190 valence electrons. The van der Waals surface area contributed by atoms with E-state index in [1.54, 1.807) is 19.2 Å². The van der Waals surface area contributed by atoms with E-state index in [1.165, 1.54) is 18.4 Å². The molecule has 0 bridgehead atoms. The van der Waals surface area contributed by atoms with Gasteiger partial charge in [0.25, 0.3) is 0 Å². The number of methoxy groups -OCH3 is 1. The van der Waals surface area contributed by atoms with Crippen LogP contribution in [0.4, 0.5) is 0 Å². The zero-order valence-electron chi connectivity index (χ0n) is 21.6. The van der Waals surface area contributed by atoms with Crippen LogP contribution >= 0.6 is 0 Å². The molecule has 3 rings (SSSR count). The number of carbonyl (C=O) groups is 2. The average Bonchev–Trinajstić information content (AvgIpc) is 3.36. The fourth-order valence-electron chi connectivity index (χ4n) is 4.54. The van der Waals surface area contributed by atoms with Gasteiger partial charge in [0.05, 0.1) is 13.2 Å². The highest BCUT2D eigenvalue weighted by atomic mass is 16.5. The first-order valence-corrected chi connectivity index (χ1v) is 12.8. The summed E-state index contributed by atoms with van der Waals surface area (Å²) in [5.74, 6) is 1.80. The normalized spacial score (nSPS) is 15.6. The Morgan fingerprint density at radius 3 is 2.14 bits per heavy atom. The third kappa shape index (κ3) is 8.39. The summed E-state index contributed by atoms with van der Waals surface area (Å²) in [6, 6.07) is 15.3. The summed E-state index contributed by atoms with van der Waals surface area (Å²) in [5, 5.41) is 3.27. The summed E-state index contributed by atoms with van der Waals surface area (Å²) in [7, 11) is 1.66. The molecule has 1 aliphatic rings. The number of likely N-dealkylation sites (tertiary alicyclic amines) is 1. The maximum atomic E-state index is 12.9. The first-order valence-electron chi connectivity index (χ1n) is 12.8. The van der Waals surface area contributed by atoms with Crippen molar-refractivity contribution in [2.45, 2.75) is 70.9 Å². The third-order valence-corrected chi connectivity index (χ3v) is 6.60. The van der Waals surface area contributed by atoms with Crippen LogP contribution in [-0.4, -0.2) is 55.5 Å². The van der Waals surface area contributed by atoms with Crippen LogP contribution in [0.5, 0.6) is 11.5 Å². The highest BCUT2D eigenvalue weighted by Gasteiger charge is 2.25. The molecule has 1 aliphatic heterocycles. The topological polar surface area (TPSA) is 67.9 Å².